The van der Waals surface area contributed by atoms with Crippen LogP contribution in [0.3, 0.4) is 0 Å². The van der Waals surface area contributed by atoms with Crippen molar-refractivity contribution in [3.8, 4) is 0 Å². The first-order chi connectivity index (χ1) is 6.72. The van der Waals surface area contributed by atoms with Gasteiger partial charge in [0.05, 0.1) is 6.42 Å². The highest BCUT2D eigenvalue weighted by molar-refractivity contribution is 7.10. The fourth-order valence-corrected chi connectivity index (χ4v) is 1.71. The van der Waals surface area contributed by atoms with Gasteiger partial charge >= 0.3 is 0 Å². The Balaban J connectivity index is 0.00000196. The van der Waals surface area contributed by atoms with E-state index in [9.17, 15) is 4.79 Å². The first kappa shape index (κ1) is 14.4. The molecule has 1 aromatic heterocycles. The highest BCUT2D eigenvalue weighted by Gasteiger charge is 2.05. The van der Waals surface area contributed by atoms with E-state index in [1.165, 1.54) is 0 Å². The molecule has 0 aliphatic rings. The Bertz CT molecular complexity index is 277. The molecular formula is C10H17ClN2OS. The molecule has 1 heterocycles. The van der Waals surface area contributed by atoms with Gasteiger partial charge in [-0.2, -0.15) is 0 Å². The largest absolute Gasteiger partial charge is 0.355 e. The maximum absolute atomic E-state index is 11.4. The lowest BCUT2D eigenvalue weighted by Gasteiger charge is -2.09. The average Bonchev–Trinajstić information content (AvgIpc) is 2.66. The molecule has 0 saturated carbocycles. The van der Waals surface area contributed by atoms with Gasteiger partial charge in [0.25, 0.3) is 0 Å². The molecule has 15 heavy (non-hydrogen) atoms. The first-order valence-electron chi connectivity index (χ1n) is 4.71. The van der Waals surface area contributed by atoms with E-state index in [4.69, 9.17) is 5.73 Å². The molecular weight excluding hydrogens is 232 g/mol. The van der Waals surface area contributed by atoms with Gasteiger partial charge < -0.3 is 11.1 Å². The summed E-state index contributed by atoms with van der Waals surface area (Å²) in [5, 5.41) is 4.84. The number of nitrogens with two attached hydrogens (primary N) is 1. The molecule has 0 saturated heterocycles. The van der Waals surface area contributed by atoms with E-state index in [1.807, 2.05) is 24.4 Å². The summed E-state index contributed by atoms with van der Waals surface area (Å²) < 4.78 is 0. The molecule has 0 radical (unpaired) electrons. The van der Waals surface area contributed by atoms with E-state index in [0.717, 1.165) is 4.88 Å². The van der Waals surface area contributed by atoms with Crippen molar-refractivity contribution >= 4 is 29.7 Å². The van der Waals surface area contributed by atoms with Gasteiger partial charge in [0.1, 0.15) is 0 Å². The van der Waals surface area contributed by atoms with Crippen molar-refractivity contribution < 1.29 is 4.79 Å². The summed E-state index contributed by atoms with van der Waals surface area (Å²) in [6.07, 6.45) is 0.481. The maximum atomic E-state index is 11.4. The van der Waals surface area contributed by atoms with Crippen molar-refractivity contribution in [2.75, 3.05) is 13.1 Å². The average molecular weight is 249 g/mol. The van der Waals surface area contributed by atoms with Gasteiger partial charge in [-0.15, -0.1) is 23.7 Å². The predicted molar refractivity (Wildman–Crippen MR) is 66.5 cm³/mol. The fraction of sp³-hybridized carbons (Fsp3) is 0.500. The van der Waals surface area contributed by atoms with Crippen molar-refractivity contribution in [1.29, 1.82) is 0 Å². The molecule has 0 bridgehead atoms. The molecule has 3 nitrogen and oxygen atoms in total. The van der Waals surface area contributed by atoms with E-state index in [1.54, 1.807) is 11.3 Å². The zero-order valence-electron chi connectivity index (χ0n) is 8.73. The number of halogens is 1. The van der Waals surface area contributed by atoms with Crippen LogP contribution in [-0.4, -0.2) is 19.0 Å². The number of thiophene rings is 1. The number of hydrogen-bond donors (Lipinski definition) is 2. The minimum Gasteiger partial charge on any atom is -0.355 e. The third-order valence-corrected chi connectivity index (χ3v) is 2.84. The molecule has 1 atom stereocenters. The predicted octanol–water partition coefficient (Wildman–Crippen LogP) is 1.42. The second-order valence-electron chi connectivity index (χ2n) is 3.40. The molecule has 1 aromatic rings. The summed E-state index contributed by atoms with van der Waals surface area (Å²) in [5.74, 6) is 0.426. The van der Waals surface area contributed by atoms with Crippen molar-refractivity contribution in [1.82, 2.24) is 5.32 Å². The van der Waals surface area contributed by atoms with E-state index >= 15 is 0 Å². The summed E-state index contributed by atoms with van der Waals surface area (Å²) in [5.41, 5.74) is 5.45. The van der Waals surface area contributed by atoms with Crippen LogP contribution in [0.25, 0.3) is 0 Å². The van der Waals surface area contributed by atoms with Crippen molar-refractivity contribution in [3.05, 3.63) is 22.4 Å². The van der Waals surface area contributed by atoms with Crippen molar-refractivity contribution in [3.63, 3.8) is 0 Å². The van der Waals surface area contributed by atoms with Crippen molar-refractivity contribution in [2.45, 2.75) is 13.3 Å². The highest BCUT2D eigenvalue weighted by atomic mass is 35.5. The van der Waals surface area contributed by atoms with Crippen LogP contribution in [0.15, 0.2) is 17.5 Å². The standard InChI is InChI=1S/C10H16N2OS.ClH/c1-8(6-11)7-12-10(13)5-9-3-2-4-14-9;/h2-4,8H,5-7,11H2,1H3,(H,12,13);1H. The smallest absolute Gasteiger partial charge is 0.225 e. The Labute approximate surface area is 100 Å². The molecule has 0 fully saturated rings. The van der Waals surface area contributed by atoms with Gasteiger partial charge in [-0.05, 0) is 23.9 Å². The molecule has 1 amide bonds. The first-order valence-corrected chi connectivity index (χ1v) is 5.59. The van der Waals surface area contributed by atoms with Crippen LogP contribution in [0.4, 0.5) is 0 Å². The number of rotatable bonds is 5. The third kappa shape index (κ3) is 5.77. The topological polar surface area (TPSA) is 55.1 Å². The van der Waals surface area contributed by atoms with Crippen molar-refractivity contribution in [2.24, 2.45) is 11.7 Å². The van der Waals surface area contributed by atoms with Gasteiger partial charge in [0, 0.05) is 11.4 Å². The summed E-state index contributed by atoms with van der Waals surface area (Å²) in [7, 11) is 0. The summed E-state index contributed by atoms with van der Waals surface area (Å²) in [6, 6.07) is 3.92. The summed E-state index contributed by atoms with van der Waals surface area (Å²) in [4.78, 5) is 12.5. The number of carbonyl (C=O) groups is 1. The molecule has 0 spiro atoms. The Kier molecular flexibility index (Phi) is 7.38. The van der Waals surface area contributed by atoms with Gasteiger partial charge in [0.2, 0.25) is 5.91 Å². The zero-order chi connectivity index (χ0) is 10.4. The second kappa shape index (κ2) is 7.68. The molecule has 86 valence electrons. The quantitative estimate of drug-likeness (QED) is 0.828. The number of carbonyl (C=O) groups excluding carboxylic acids is 1. The molecule has 1 rings (SSSR count). The van der Waals surface area contributed by atoms with E-state index in [0.29, 0.717) is 25.4 Å². The lowest BCUT2D eigenvalue weighted by molar-refractivity contribution is -0.120. The SMILES string of the molecule is CC(CN)CNC(=O)Cc1cccs1.Cl. The van der Waals surface area contributed by atoms with Crippen LogP contribution in [0.2, 0.25) is 0 Å². The lowest BCUT2D eigenvalue weighted by atomic mass is 10.2. The number of nitrogens with one attached hydrogen (secondary N) is 1. The molecule has 0 aliphatic heterocycles. The monoisotopic (exact) mass is 248 g/mol. The Morgan fingerprint density at radius 1 is 1.67 bits per heavy atom. The van der Waals surface area contributed by atoms with Gasteiger partial charge in [-0.25, -0.2) is 0 Å². The number of amides is 1. The van der Waals surface area contributed by atoms with Crippen LogP contribution < -0.4 is 11.1 Å². The number of hydrogen-bond acceptors (Lipinski definition) is 3. The van der Waals surface area contributed by atoms with Crippen LogP contribution in [0.1, 0.15) is 11.8 Å². The molecule has 1 unspecified atom stereocenters. The van der Waals surface area contributed by atoms with E-state index in [2.05, 4.69) is 5.32 Å². The minimum absolute atomic E-state index is 0. The van der Waals surface area contributed by atoms with Gasteiger partial charge in [-0.1, -0.05) is 13.0 Å². The normalized spacial score (nSPS) is 11.6. The minimum atomic E-state index is 0. The van der Waals surface area contributed by atoms with Crippen LogP contribution in [0.5, 0.6) is 0 Å². The summed E-state index contributed by atoms with van der Waals surface area (Å²) in [6.45, 7) is 3.30. The fourth-order valence-electron chi connectivity index (χ4n) is 1.01. The van der Waals surface area contributed by atoms with Crippen LogP contribution in [-0.2, 0) is 11.2 Å². The Morgan fingerprint density at radius 2 is 2.40 bits per heavy atom. The highest BCUT2D eigenvalue weighted by Crippen LogP contribution is 2.08. The third-order valence-electron chi connectivity index (χ3n) is 1.96. The lowest BCUT2D eigenvalue weighted by Crippen LogP contribution is -2.32. The zero-order valence-corrected chi connectivity index (χ0v) is 10.4. The molecule has 0 aromatic carbocycles. The van der Waals surface area contributed by atoms with Gasteiger partial charge in [0.15, 0.2) is 0 Å². The summed E-state index contributed by atoms with van der Waals surface area (Å²) >= 11 is 1.61. The molecule has 3 N–H and O–H groups in total. The Morgan fingerprint density at radius 3 is 2.93 bits per heavy atom. The second-order valence-corrected chi connectivity index (χ2v) is 4.43. The Hall–Kier alpha value is -0.580. The molecule has 5 heteroatoms. The van der Waals surface area contributed by atoms with E-state index in [-0.39, 0.29) is 18.3 Å². The van der Waals surface area contributed by atoms with Gasteiger partial charge in [-0.3, -0.25) is 4.79 Å². The van der Waals surface area contributed by atoms with Crippen LogP contribution in [0, 0.1) is 5.92 Å². The van der Waals surface area contributed by atoms with E-state index < -0.39 is 0 Å². The maximum Gasteiger partial charge on any atom is 0.225 e. The van der Waals surface area contributed by atoms with Crippen LogP contribution >= 0.6 is 23.7 Å². The molecule has 0 aliphatic carbocycles.